The highest BCUT2D eigenvalue weighted by Crippen LogP contribution is 2.59. The van der Waals surface area contributed by atoms with Crippen LogP contribution in [0.3, 0.4) is 0 Å². The first kappa shape index (κ1) is 20.3. The van der Waals surface area contributed by atoms with Crippen LogP contribution in [0.5, 0.6) is 5.75 Å². The molecule has 154 valence electrons. The quantitative estimate of drug-likeness (QED) is 0.451. The maximum Gasteiger partial charge on any atom is 0.252 e. The summed E-state index contributed by atoms with van der Waals surface area (Å²) in [6.07, 6.45) is 8.06. The van der Waals surface area contributed by atoms with Gasteiger partial charge in [0.25, 0.3) is 5.91 Å². The lowest BCUT2D eigenvalue weighted by Crippen LogP contribution is -2.51. The first-order valence-electron chi connectivity index (χ1n) is 10.4. The number of amides is 1. The van der Waals surface area contributed by atoms with Crippen LogP contribution in [0.1, 0.15) is 48.9 Å². The molecule has 4 fully saturated rings. The van der Waals surface area contributed by atoms with E-state index in [-0.39, 0.29) is 5.91 Å². The molecule has 4 bridgehead atoms. The fourth-order valence-corrected chi connectivity index (χ4v) is 6.33. The Morgan fingerprint density at radius 2 is 1.75 bits per heavy atom. The number of carbonyl (C=O) groups excluding carboxylic acids is 1. The van der Waals surface area contributed by atoms with Crippen molar-refractivity contribution in [1.29, 1.82) is 0 Å². The van der Waals surface area contributed by atoms with E-state index < -0.39 is 0 Å². The molecule has 0 radical (unpaired) electrons. The van der Waals surface area contributed by atoms with Crippen molar-refractivity contribution in [3.8, 4) is 5.75 Å². The van der Waals surface area contributed by atoms with Crippen molar-refractivity contribution in [2.24, 2.45) is 23.2 Å². The molecule has 0 aliphatic heterocycles. The van der Waals surface area contributed by atoms with Crippen LogP contribution in [0.4, 0.5) is 0 Å². The number of carbonyl (C=O) groups is 1. The van der Waals surface area contributed by atoms with Crippen molar-refractivity contribution in [3.05, 3.63) is 28.8 Å². The second kappa shape index (κ2) is 8.81. The minimum absolute atomic E-state index is 0.107. The molecule has 1 amide bonds. The van der Waals surface area contributed by atoms with Gasteiger partial charge in [-0.2, -0.15) is 0 Å². The zero-order chi connectivity index (χ0) is 19.6. The molecule has 4 aliphatic carbocycles. The van der Waals surface area contributed by atoms with E-state index in [9.17, 15) is 4.79 Å². The van der Waals surface area contributed by atoms with Crippen LogP contribution in [-0.2, 0) is 4.74 Å². The first-order valence-corrected chi connectivity index (χ1v) is 11.3. The van der Waals surface area contributed by atoms with E-state index in [0.29, 0.717) is 47.5 Å². The van der Waals surface area contributed by atoms with E-state index in [4.69, 9.17) is 32.7 Å². The molecule has 0 aromatic heterocycles. The van der Waals surface area contributed by atoms with Crippen molar-refractivity contribution in [3.63, 3.8) is 0 Å². The summed E-state index contributed by atoms with van der Waals surface area (Å²) in [5.41, 5.74) is 0.788. The summed E-state index contributed by atoms with van der Waals surface area (Å²) in [6.45, 7) is 2.14. The van der Waals surface area contributed by atoms with Crippen molar-refractivity contribution >= 4 is 29.1 Å². The maximum atomic E-state index is 12.8. The van der Waals surface area contributed by atoms with Crippen molar-refractivity contribution in [1.82, 2.24) is 5.32 Å². The average Bonchev–Trinajstić information content (AvgIpc) is 2.66. The number of halogens is 2. The molecule has 5 rings (SSSR count). The molecule has 1 aromatic rings. The van der Waals surface area contributed by atoms with Gasteiger partial charge in [-0.15, -0.1) is 11.6 Å². The summed E-state index contributed by atoms with van der Waals surface area (Å²) in [7, 11) is 0. The van der Waals surface area contributed by atoms with Crippen LogP contribution in [-0.4, -0.2) is 38.2 Å². The van der Waals surface area contributed by atoms with Crippen LogP contribution in [0.15, 0.2) is 18.2 Å². The lowest BCUT2D eigenvalue weighted by molar-refractivity contribution is -0.0503. The molecule has 4 aliphatic rings. The number of hydrogen-bond donors (Lipinski definition) is 1. The first-order chi connectivity index (χ1) is 13.6. The lowest BCUT2D eigenvalue weighted by atomic mass is 9.49. The minimum Gasteiger partial charge on any atom is -0.491 e. The summed E-state index contributed by atoms with van der Waals surface area (Å²) in [6, 6.07) is 5.22. The minimum atomic E-state index is -0.107. The largest absolute Gasteiger partial charge is 0.491 e. The highest BCUT2D eigenvalue weighted by molar-refractivity contribution is 6.33. The summed E-state index contributed by atoms with van der Waals surface area (Å²) >= 11 is 11.9. The Balaban J connectivity index is 1.33. The van der Waals surface area contributed by atoms with Crippen molar-refractivity contribution in [2.75, 3.05) is 32.2 Å². The lowest BCUT2D eigenvalue weighted by Gasteiger charge is -2.56. The molecular weight excluding hydrogens is 397 g/mol. The summed E-state index contributed by atoms with van der Waals surface area (Å²) in [5, 5.41) is 3.64. The van der Waals surface area contributed by atoms with Gasteiger partial charge in [0, 0.05) is 12.4 Å². The molecule has 28 heavy (non-hydrogen) atoms. The zero-order valence-electron chi connectivity index (χ0n) is 16.2. The van der Waals surface area contributed by atoms with E-state index in [1.807, 2.05) is 0 Å². The smallest absolute Gasteiger partial charge is 0.252 e. The van der Waals surface area contributed by atoms with E-state index in [1.54, 1.807) is 18.2 Å². The number of alkyl halides is 1. The van der Waals surface area contributed by atoms with E-state index in [0.717, 1.165) is 24.3 Å². The van der Waals surface area contributed by atoms with Gasteiger partial charge in [-0.1, -0.05) is 11.6 Å². The Morgan fingerprint density at radius 3 is 2.39 bits per heavy atom. The third-order valence-corrected chi connectivity index (χ3v) is 7.17. The Labute approximate surface area is 177 Å². The van der Waals surface area contributed by atoms with Gasteiger partial charge >= 0.3 is 0 Å². The molecule has 0 spiro atoms. The standard InChI is InChI=1S/C22H29Cl2NO3/c23-3-4-27-5-6-28-18-1-2-20(24)19(10-18)21(26)25-14-22-11-15-7-16(12-22)9-17(8-15)13-22/h1-2,10,15-17H,3-9,11-14H2,(H,25,26). The van der Waals surface area contributed by atoms with Gasteiger partial charge in [-0.25, -0.2) is 0 Å². The van der Waals surface area contributed by atoms with Gasteiger partial charge in [0.1, 0.15) is 12.4 Å². The molecule has 4 nitrogen and oxygen atoms in total. The Bertz CT molecular complexity index is 674. The molecule has 1 aromatic carbocycles. The van der Waals surface area contributed by atoms with Crippen LogP contribution < -0.4 is 10.1 Å². The van der Waals surface area contributed by atoms with Crippen LogP contribution in [0.2, 0.25) is 5.02 Å². The molecule has 1 N–H and O–H groups in total. The number of rotatable bonds is 9. The van der Waals surface area contributed by atoms with Gasteiger partial charge in [-0.05, 0) is 79.9 Å². The summed E-state index contributed by atoms with van der Waals surface area (Å²) in [4.78, 5) is 12.8. The Morgan fingerprint density at radius 1 is 1.07 bits per heavy atom. The highest BCUT2D eigenvalue weighted by atomic mass is 35.5. The summed E-state index contributed by atoms with van der Waals surface area (Å²) < 4.78 is 11.0. The second-order valence-electron chi connectivity index (χ2n) is 8.89. The number of ether oxygens (including phenoxy) is 2. The zero-order valence-corrected chi connectivity index (χ0v) is 17.7. The molecule has 0 atom stereocenters. The van der Waals surface area contributed by atoms with E-state index in [2.05, 4.69) is 5.32 Å². The van der Waals surface area contributed by atoms with Crippen LogP contribution in [0.25, 0.3) is 0 Å². The molecular formula is C22H29Cl2NO3. The Hall–Kier alpha value is -0.970. The van der Waals surface area contributed by atoms with Gasteiger partial charge in [0.15, 0.2) is 0 Å². The molecule has 0 unspecified atom stereocenters. The highest BCUT2D eigenvalue weighted by Gasteiger charge is 2.50. The predicted octanol–water partition coefficient (Wildman–Crippen LogP) is 4.92. The Kier molecular flexibility index (Phi) is 6.39. The monoisotopic (exact) mass is 425 g/mol. The SMILES string of the molecule is O=C(NCC12CC3CC(CC(C3)C1)C2)c1cc(OCCOCCCl)ccc1Cl. The summed E-state index contributed by atoms with van der Waals surface area (Å²) in [5.74, 6) is 3.62. The average molecular weight is 426 g/mol. The van der Waals surface area contributed by atoms with Gasteiger partial charge in [0.2, 0.25) is 0 Å². The third kappa shape index (κ3) is 4.60. The van der Waals surface area contributed by atoms with Crippen LogP contribution >= 0.6 is 23.2 Å². The fraction of sp³-hybridized carbons (Fsp3) is 0.682. The maximum absolute atomic E-state index is 12.8. The normalized spacial score (nSPS) is 30.4. The van der Waals surface area contributed by atoms with Gasteiger partial charge < -0.3 is 14.8 Å². The second-order valence-corrected chi connectivity index (χ2v) is 9.68. The molecule has 0 heterocycles. The van der Waals surface area contributed by atoms with Gasteiger partial charge in [0.05, 0.1) is 23.8 Å². The van der Waals surface area contributed by atoms with E-state index >= 15 is 0 Å². The molecule has 0 saturated heterocycles. The number of hydrogen-bond acceptors (Lipinski definition) is 3. The van der Waals surface area contributed by atoms with Crippen LogP contribution in [0, 0.1) is 23.2 Å². The fourth-order valence-electron chi connectivity index (χ4n) is 6.01. The van der Waals surface area contributed by atoms with Crippen molar-refractivity contribution < 1.29 is 14.3 Å². The predicted molar refractivity (Wildman–Crippen MR) is 111 cm³/mol. The van der Waals surface area contributed by atoms with Gasteiger partial charge in [-0.3, -0.25) is 4.79 Å². The number of nitrogens with one attached hydrogen (secondary N) is 1. The van der Waals surface area contributed by atoms with E-state index in [1.165, 1.54) is 38.5 Å². The topological polar surface area (TPSA) is 47.6 Å². The third-order valence-electron chi connectivity index (χ3n) is 6.69. The molecule has 4 saturated carbocycles. The molecule has 6 heteroatoms. The van der Waals surface area contributed by atoms with Crippen molar-refractivity contribution in [2.45, 2.75) is 38.5 Å². The number of benzene rings is 1.